The second-order valence-electron chi connectivity index (χ2n) is 5.11. The number of rotatable bonds is 6. The SMILES string of the molecule is CC(C)CCCc1cn(CC(C)C)nn1. The van der Waals surface area contributed by atoms with Crippen molar-refractivity contribution in [3.63, 3.8) is 0 Å². The smallest absolute Gasteiger partial charge is 0.0827 e. The molecule has 0 unspecified atom stereocenters. The van der Waals surface area contributed by atoms with Crippen LogP contribution in [0.15, 0.2) is 6.20 Å². The lowest BCUT2D eigenvalue weighted by Crippen LogP contribution is -2.04. The van der Waals surface area contributed by atoms with Crippen molar-refractivity contribution in [2.24, 2.45) is 11.8 Å². The van der Waals surface area contributed by atoms with Crippen molar-refractivity contribution < 1.29 is 0 Å². The monoisotopic (exact) mass is 209 g/mol. The molecule has 0 atom stereocenters. The number of aromatic nitrogens is 3. The van der Waals surface area contributed by atoms with Crippen LogP contribution < -0.4 is 0 Å². The molecule has 0 N–H and O–H groups in total. The van der Waals surface area contributed by atoms with Crippen molar-refractivity contribution in [1.82, 2.24) is 15.0 Å². The van der Waals surface area contributed by atoms with E-state index in [1.165, 1.54) is 12.8 Å². The fraction of sp³-hybridized carbons (Fsp3) is 0.833. The van der Waals surface area contributed by atoms with Gasteiger partial charge >= 0.3 is 0 Å². The normalized spacial score (nSPS) is 11.6. The van der Waals surface area contributed by atoms with Crippen LogP contribution in [0, 0.1) is 11.8 Å². The number of nitrogens with zero attached hydrogens (tertiary/aromatic N) is 3. The number of aryl methyl sites for hydroxylation is 1. The minimum absolute atomic E-state index is 0.634. The summed E-state index contributed by atoms with van der Waals surface area (Å²) >= 11 is 0. The van der Waals surface area contributed by atoms with E-state index in [2.05, 4.69) is 44.2 Å². The van der Waals surface area contributed by atoms with E-state index in [0.29, 0.717) is 5.92 Å². The first kappa shape index (κ1) is 12.2. The molecule has 0 amide bonds. The highest BCUT2D eigenvalue weighted by Crippen LogP contribution is 2.08. The van der Waals surface area contributed by atoms with Gasteiger partial charge in [0.2, 0.25) is 0 Å². The molecule has 0 spiro atoms. The van der Waals surface area contributed by atoms with Crippen LogP contribution in [-0.4, -0.2) is 15.0 Å². The second-order valence-corrected chi connectivity index (χ2v) is 5.11. The molecule has 15 heavy (non-hydrogen) atoms. The molecule has 1 aromatic heterocycles. The van der Waals surface area contributed by atoms with Gasteiger partial charge in [-0.25, -0.2) is 0 Å². The lowest BCUT2D eigenvalue weighted by atomic mass is 10.1. The lowest BCUT2D eigenvalue weighted by Gasteiger charge is -2.02. The van der Waals surface area contributed by atoms with Gasteiger partial charge in [-0.05, 0) is 24.7 Å². The van der Waals surface area contributed by atoms with Gasteiger partial charge in [0.1, 0.15) is 0 Å². The van der Waals surface area contributed by atoms with E-state index in [1.54, 1.807) is 0 Å². The maximum absolute atomic E-state index is 4.18. The van der Waals surface area contributed by atoms with Crippen molar-refractivity contribution in [1.29, 1.82) is 0 Å². The first-order chi connectivity index (χ1) is 7.08. The Bertz CT molecular complexity index is 276. The number of hydrogen-bond donors (Lipinski definition) is 0. The standard InChI is InChI=1S/C12H23N3/c1-10(2)6-5-7-12-9-15(14-13-12)8-11(3)4/h9-11H,5-8H2,1-4H3. The lowest BCUT2D eigenvalue weighted by molar-refractivity contribution is 0.472. The maximum atomic E-state index is 4.18. The Kier molecular flexibility index (Phi) is 4.79. The van der Waals surface area contributed by atoms with Crippen LogP contribution in [0.5, 0.6) is 0 Å². The van der Waals surface area contributed by atoms with E-state index in [9.17, 15) is 0 Å². The Hall–Kier alpha value is -0.860. The summed E-state index contributed by atoms with van der Waals surface area (Å²) in [6.07, 6.45) is 5.64. The van der Waals surface area contributed by atoms with Gasteiger partial charge in [-0.1, -0.05) is 39.3 Å². The van der Waals surface area contributed by atoms with Crippen LogP contribution in [0.1, 0.15) is 46.2 Å². The van der Waals surface area contributed by atoms with Crippen LogP contribution >= 0.6 is 0 Å². The quantitative estimate of drug-likeness (QED) is 0.721. The zero-order chi connectivity index (χ0) is 11.3. The van der Waals surface area contributed by atoms with Gasteiger partial charge in [0.25, 0.3) is 0 Å². The summed E-state index contributed by atoms with van der Waals surface area (Å²) in [5.74, 6) is 1.42. The fourth-order valence-corrected chi connectivity index (χ4v) is 1.61. The van der Waals surface area contributed by atoms with E-state index in [1.807, 2.05) is 4.68 Å². The van der Waals surface area contributed by atoms with Gasteiger partial charge in [0.15, 0.2) is 0 Å². The predicted octanol–water partition coefficient (Wildman–Crippen LogP) is 2.91. The van der Waals surface area contributed by atoms with Gasteiger partial charge in [-0.2, -0.15) is 0 Å². The van der Waals surface area contributed by atoms with Gasteiger partial charge in [0, 0.05) is 12.7 Å². The summed E-state index contributed by atoms with van der Waals surface area (Å²) in [6, 6.07) is 0. The van der Waals surface area contributed by atoms with Crippen LogP contribution in [0.4, 0.5) is 0 Å². The van der Waals surface area contributed by atoms with E-state index in [4.69, 9.17) is 0 Å². The second kappa shape index (κ2) is 5.89. The summed E-state index contributed by atoms with van der Waals surface area (Å²) in [5.41, 5.74) is 1.14. The molecular formula is C12H23N3. The zero-order valence-corrected chi connectivity index (χ0v) is 10.4. The molecule has 0 fully saturated rings. The van der Waals surface area contributed by atoms with E-state index >= 15 is 0 Å². The molecule has 1 rings (SSSR count). The Labute approximate surface area is 92.9 Å². The Morgan fingerprint density at radius 2 is 1.93 bits per heavy atom. The zero-order valence-electron chi connectivity index (χ0n) is 10.4. The van der Waals surface area contributed by atoms with E-state index < -0.39 is 0 Å². The highest BCUT2D eigenvalue weighted by molar-refractivity contribution is 4.92. The van der Waals surface area contributed by atoms with Crippen molar-refractivity contribution in [2.45, 2.75) is 53.5 Å². The van der Waals surface area contributed by atoms with Crippen molar-refractivity contribution in [2.75, 3.05) is 0 Å². The molecule has 0 aromatic carbocycles. The minimum atomic E-state index is 0.634. The minimum Gasteiger partial charge on any atom is -0.252 e. The third kappa shape index (κ3) is 4.96. The molecule has 0 aliphatic carbocycles. The topological polar surface area (TPSA) is 30.7 Å². The Morgan fingerprint density at radius 3 is 2.53 bits per heavy atom. The molecule has 0 saturated heterocycles. The summed E-state index contributed by atoms with van der Waals surface area (Å²) < 4.78 is 1.95. The highest BCUT2D eigenvalue weighted by atomic mass is 15.4. The Morgan fingerprint density at radius 1 is 1.20 bits per heavy atom. The molecule has 0 aliphatic heterocycles. The number of hydrogen-bond acceptors (Lipinski definition) is 2. The summed E-state index contributed by atoms with van der Waals surface area (Å²) in [5, 5.41) is 8.30. The van der Waals surface area contributed by atoms with Crippen molar-refractivity contribution in [3.8, 4) is 0 Å². The predicted molar refractivity (Wildman–Crippen MR) is 62.6 cm³/mol. The average molecular weight is 209 g/mol. The van der Waals surface area contributed by atoms with Crippen molar-refractivity contribution >= 4 is 0 Å². The van der Waals surface area contributed by atoms with E-state index in [0.717, 1.165) is 24.6 Å². The molecule has 0 aliphatic rings. The maximum Gasteiger partial charge on any atom is 0.0827 e. The molecule has 0 bridgehead atoms. The molecule has 1 heterocycles. The fourth-order valence-electron chi connectivity index (χ4n) is 1.61. The summed E-state index contributed by atoms with van der Waals surface area (Å²) in [4.78, 5) is 0. The van der Waals surface area contributed by atoms with Gasteiger partial charge in [-0.3, -0.25) is 4.68 Å². The largest absolute Gasteiger partial charge is 0.252 e. The van der Waals surface area contributed by atoms with Crippen LogP contribution in [0.25, 0.3) is 0 Å². The third-order valence-corrected chi connectivity index (χ3v) is 2.35. The van der Waals surface area contributed by atoms with E-state index in [-0.39, 0.29) is 0 Å². The molecule has 3 heteroatoms. The third-order valence-electron chi connectivity index (χ3n) is 2.35. The van der Waals surface area contributed by atoms with Crippen LogP contribution in [-0.2, 0) is 13.0 Å². The van der Waals surface area contributed by atoms with Gasteiger partial charge in [0.05, 0.1) is 5.69 Å². The molecule has 1 aromatic rings. The van der Waals surface area contributed by atoms with Crippen LogP contribution in [0.2, 0.25) is 0 Å². The first-order valence-electron chi connectivity index (χ1n) is 5.97. The molecule has 86 valence electrons. The van der Waals surface area contributed by atoms with Crippen LogP contribution in [0.3, 0.4) is 0 Å². The summed E-state index contributed by atoms with van der Waals surface area (Å²) in [7, 11) is 0. The van der Waals surface area contributed by atoms with Gasteiger partial charge < -0.3 is 0 Å². The molecular weight excluding hydrogens is 186 g/mol. The summed E-state index contributed by atoms with van der Waals surface area (Å²) in [6.45, 7) is 9.88. The molecule has 0 radical (unpaired) electrons. The molecule has 0 saturated carbocycles. The average Bonchev–Trinajstić information content (AvgIpc) is 2.50. The van der Waals surface area contributed by atoms with Crippen molar-refractivity contribution in [3.05, 3.63) is 11.9 Å². The highest BCUT2D eigenvalue weighted by Gasteiger charge is 2.03. The van der Waals surface area contributed by atoms with Gasteiger partial charge in [-0.15, -0.1) is 5.10 Å². The first-order valence-corrected chi connectivity index (χ1v) is 5.97. The Balaban J connectivity index is 2.33. The molecule has 3 nitrogen and oxygen atoms in total.